The second-order valence-electron chi connectivity index (χ2n) is 4.92. The first kappa shape index (κ1) is 10.5. The second-order valence-corrected chi connectivity index (χ2v) is 4.92. The van der Waals surface area contributed by atoms with Gasteiger partial charge in [-0.25, -0.2) is 4.79 Å². The molecule has 0 unspecified atom stereocenters. The molecule has 1 aromatic heterocycles. The van der Waals surface area contributed by atoms with Crippen LogP contribution in [0.5, 0.6) is 0 Å². The number of carboxylic acids is 1. The number of carbonyl (C=O) groups is 1. The minimum atomic E-state index is -0.758. The Balaban J connectivity index is 2.04. The number of aliphatic carboxylic acids is 1. The average Bonchev–Trinajstić information content (AvgIpc) is 2.74. The third kappa shape index (κ3) is 1.41. The van der Waals surface area contributed by atoms with Gasteiger partial charge >= 0.3 is 5.97 Å². The van der Waals surface area contributed by atoms with E-state index in [1.807, 2.05) is 11.5 Å². The van der Waals surface area contributed by atoms with Gasteiger partial charge in [0.25, 0.3) is 0 Å². The van der Waals surface area contributed by atoms with E-state index >= 15 is 0 Å². The van der Waals surface area contributed by atoms with Crippen LogP contribution in [-0.4, -0.2) is 25.8 Å². The number of allylic oxidation sites excluding steroid dienone is 2. The van der Waals surface area contributed by atoms with E-state index in [4.69, 9.17) is 0 Å². The molecular weight excluding hydrogens is 218 g/mol. The number of hydrogen-bond acceptors (Lipinski definition) is 3. The van der Waals surface area contributed by atoms with Crippen LogP contribution in [0.15, 0.2) is 12.2 Å². The lowest BCUT2D eigenvalue weighted by Crippen LogP contribution is -2.30. The second kappa shape index (κ2) is 3.42. The van der Waals surface area contributed by atoms with Crippen LogP contribution in [0, 0.1) is 6.92 Å². The molecule has 0 aliphatic heterocycles. The lowest BCUT2D eigenvalue weighted by atomic mass is 10.1. The Bertz CT molecular complexity index is 492. The molecule has 1 saturated carbocycles. The molecule has 0 spiro atoms. The summed E-state index contributed by atoms with van der Waals surface area (Å²) in [5.74, 6) is 1.10. The molecule has 5 nitrogen and oxygen atoms in total. The van der Waals surface area contributed by atoms with Crippen molar-refractivity contribution in [2.75, 3.05) is 0 Å². The zero-order valence-electron chi connectivity index (χ0n) is 9.76. The van der Waals surface area contributed by atoms with Gasteiger partial charge in [0.15, 0.2) is 0 Å². The largest absolute Gasteiger partial charge is 0.479 e. The first-order valence-electron chi connectivity index (χ1n) is 5.96. The summed E-state index contributed by atoms with van der Waals surface area (Å²) in [6.07, 6.45) is 7.50. The molecule has 1 N–H and O–H groups in total. The molecule has 0 bridgehead atoms. The van der Waals surface area contributed by atoms with Gasteiger partial charge in [-0.05, 0) is 32.6 Å². The van der Waals surface area contributed by atoms with E-state index in [0.717, 1.165) is 18.7 Å². The molecule has 0 radical (unpaired) electrons. The lowest BCUT2D eigenvalue weighted by Gasteiger charge is -2.18. The van der Waals surface area contributed by atoms with Gasteiger partial charge in [0.1, 0.15) is 17.2 Å². The Hall–Kier alpha value is -1.65. The van der Waals surface area contributed by atoms with Crippen LogP contribution in [-0.2, 0) is 10.3 Å². The van der Waals surface area contributed by atoms with Crippen LogP contribution in [0.3, 0.4) is 0 Å². The Morgan fingerprint density at radius 2 is 2.06 bits per heavy atom. The predicted octanol–water partition coefficient (Wildman–Crippen LogP) is 1.59. The molecule has 5 heteroatoms. The highest BCUT2D eigenvalue weighted by atomic mass is 16.4. The highest BCUT2D eigenvalue weighted by Crippen LogP contribution is 2.46. The van der Waals surface area contributed by atoms with Crippen LogP contribution >= 0.6 is 0 Å². The molecule has 90 valence electrons. The fourth-order valence-corrected chi connectivity index (χ4v) is 2.65. The van der Waals surface area contributed by atoms with Gasteiger partial charge in [-0.3, -0.25) is 4.57 Å². The normalized spacial score (nSPS) is 21.9. The van der Waals surface area contributed by atoms with Gasteiger partial charge in [0.2, 0.25) is 0 Å². The Morgan fingerprint density at radius 1 is 1.41 bits per heavy atom. The monoisotopic (exact) mass is 233 g/mol. The molecule has 0 amide bonds. The molecule has 0 atom stereocenters. The van der Waals surface area contributed by atoms with Crippen LogP contribution in [0.25, 0.3) is 0 Å². The average molecular weight is 233 g/mol. The van der Waals surface area contributed by atoms with Crippen molar-refractivity contribution in [2.24, 2.45) is 0 Å². The van der Waals surface area contributed by atoms with E-state index in [2.05, 4.69) is 22.3 Å². The summed E-state index contributed by atoms with van der Waals surface area (Å²) in [5, 5.41) is 17.6. The van der Waals surface area contributed by atoms with E-state index in [1.165, 1.54) is 0 Å². The SMILES string of the molecule is Cc1nnc(C2CC=CC2)n1C1(C(=O)O)CC1. The zero-order chi connectivity index (χ0) is 12.0. The topological polar surface area (TPSA) is 68.0 Å². The lowest BCUT2D eigenvalue weighted by molar-refractivity contribution is -0.142. The fraction of sp³-hybridized carbons (Fsp3) is 0.583. The van der Waals surface area contributed by atoms with Gasteiger partial charge < -0.3 is 5.11 Å². The molecule has 1 fully saturated rings. The van der Waals surface area contributed by atoms with E-state index in [-0.39, 0.29) is 0 Å². The highest BCUT2D eigenvalue weighted by Gasteiger charge is 2.54. The Labute approximate surface area is 99.2 Å². The van der Waals surface area contributed by atoms with E-state index in [9.17, 15) is 9.90 Å². The molecule has 17 heavy (non-hydrogen) atoms. The summed E-state index contributed by atoms with van der Waals surface area (Å²) in [6.45, 7) is 1.84. The van der Waals surface area contributed by atoms with Gasteiger partial charge in [-0.1, -0.05) is 12.2 Å². The van der Waals surface area contributed by atoms with E-state index in [1.54, 1.807) is 0 Å². The summed E-state index contributed by atoms with van der Waals surface area (Å²) in [5.41, 5.74) is -0.758. The zero-order valence-corrected chi connectivity index (χ0v) is 9.76. The minimum absolute atomic E-state index is 0.299. The van der Waals surface area contributed by atoms with Crippen molar-refractivity contribution in [1.82, 2.24) is 14.8 Å². The summed E-state index contributed by atoms with van der Waals surface area (Å²) < 4.78 is 1.85. The highest BCUT2D eigenvalue weighted by molar-refractivity contribution is 5.80. The molecule has 1 aromatic rings. The van der Waals surface area contributed by atoms with Crippen LogP contribution in [0.2, 0.25) is 0 Å². The summed E-state index contributed by atoms with van der Waals surface area (Å²) in [4.78, 5) is 11.4. The first-order chi connectivity index (χ1) is 8.15. The maximum atomic E-state index is 11.4. The number of carboxylic acid groups (broad SMARTS) is 1. The number of nitrogens with zero attached hydrogens (tertiary/aromatic N) is 3. The number of hydrogen-bond donors (Lipinski definition) is 1. The van der Waals surface area contributed by atoms with Crippen LogP contribution < -0.4 is 0 Å². The fourth-order valence-electron chi connectivity index (χ4n) is 2.65. The number of aromatic nitrogens is 3. The summed E-state index contributed by atoms with van der Waals surface area (Å²) >= 11 is 0. The molecule has 2 aliphatic rings. The molecule has 0 saturated heterocycles. The Kier molecular flexibility index (Phi) is 2.11. The van der Waals surface area contributed by atoms with Crippen molar-refractivity contribution in [3.05, 3.63) is 23.8 Å². The van der Waals surface area contributed by atoms with Gasteiger partial charge in [-0.2, -0.15) is 0 Å². The third-order valence-corrected chi connectivity index (χ3v) is 3.77. The molecule has 1 heterocycles. The number of aryl methyl sites for hydroxylation is 1. The standard InChI is InChI=1S/C12H15N3O2/c1-8-13-14-10(9-4-2-3-5-9)15(8)12(6-7-12)11(16)17/h2-3,9H,4-7H2,1H3,(H,16,17). The van der Waals surface area contributed by atoms with Gasteiger partial charge in [0.05, 0.1) is 0 Å². The van der Waals surface area contributed by atoms with Crippen LogP contribution in [0.4, 0.5) is 0 Å². The van der Waals surface area contributed by atoms with Crippen molar-refractivity contribution in [3.8, 4) is 0 Å². The van der Waals surface area contributed by atoms with Crippen LogP contribution in [0.1, 0.15) is 43.3 Å². The van der Waals surface area contributed by atoms with E-state index in [0.29, 0.717) is 24.6 Å². The molecule has 2 aliphatic carbocycles. The van der Waals surface area contributed by atoms with E-state index < -0.39 is 11.5 Å². The third-order valence-electron chi connectivity index (χ3n) is 3.77. The molecule has 3 rings (SSSR count). The predicted molar refractivity (Wildman–Crippen MR) is 60.7 cm³/mol. The van der Waals surface area contributed by atoms with Crippen molar-refractivity contribution in [3.63, 3.8) is 0 Å². The van der Waals surface area contributed by atoms with Crippen molar-refractivity contribution in [2.45, 2.75) is 44.1 Å². The summed E-state index contributed by atoms with van der Waals surface area (Å²) in [6, 6.07) is 0. The van der Waals surface area contributed by atoms with Crippen molar-refractivity contribution >= 4 is 5.97 Å². The minimum Gasteiger partial charge on any atom is -0.479 e. The molecular formula is C12H15N3O2. The first-order valence-corrected chi connectivity index (χ1v) is 5.96. The molecule has 0 aromatic carbocycles. The van der Waals surface area contributed by atoms with Gasteiger partial charge in [-0.15, -0.1) is 10.2 Å². The quantitative estimate of drug-likeness (QED) is 0.805. The number of rotatable bonds is 3. The van der Waals surface area contributed by atoms with Crippen molar-refractivity contribution in [1.29, 1.82) is 0 Å². The smallest absolute Gasteiger partial charge is 0.329 e. The summed E-state index contributed by atoms with van der Waals surface area (Å²) in [7, 11) is 0. The maximum absolute atomic E-state index is 11.4. The van der Waals surface area contributed by atoms with Gasteiger partial charge in [0, 0.05) is 5.92 Å². The maximum Gasteiger partial charge on any atom is 0.329 e. The Morgan fingerprint density at radius 3 is 2.59 bits per heavy atom. The van der Waals surface area contributed by atoms with Crippen molar-refractivity contribution < 1.29 is 9.90 Å².